The van der Waals surface area contributed by atoms with Crippen LogP contribution in [0.1, 0.15) is 28.9 Å². The fraction of sp³-hybridized carbons (Fsp3) is 0.300. The van der Waals surface area contributed by atoms with E-state index in [0.29, 0.717) is 36.7 Å². The van der Waals surface area contributed by atoms with Crippen molar-refractivity contribution < 1.29 is 19.1 Å². The number of para-hydroxylation sites is 1. The number of carbonyl (C=O) groups excluding carboxylic acids is 2. The number of halogens is 1. The monoisotopic (exact) mass is 430 g/mol. The summed E-state index contributed by atoms with van der Waals surface area (Å²) in [5, 5.41) is 2.78. The number of rotatable bonds is 2. The minimum atomic E-state index is -0.633. The summed E-state index contributed by atoms with van der Waals surface area (Å²) in [6.07, 6.45) is -0.804. The van der Waals surface area contributed by atoms with Crippen LogP contribution in [-0.4, -0.2) is 42.5 Å². The van der Waals surface area contributed by atoms with E-state index >= 15 is 0 Å². The molecule has 2 amide bonds. The molecule has 2 aromatic carbocycles. The van der Waals surface area contributed by atoms with Crippen molar-refractivity contribution in [3.8, 4) is 5.75 Å². The molecule has 0 spiro atoms. The molecule has 2 aliphatic heterocycles. The molecule has 2 atom stereocenters. The minimum absolute atomic E-state index is 0.124. The highest BCUT2D eigenvalue weighted by atomic mass is 79.9. The van der Waals surface area contributed by atoms with Crippen LogP contribution in [0, 0.1) is 0 Å². The molecule has 4 rings (SSSR count). The Kier molecular flexibility index (Phi) is 4.88. The highest BCUT2D eigenvalue weighted by Crippen LogP contribution is 2.35. The van der Waals surface area contributed by atoms with Gasteiger partial charge in [0.1, 0.15) is 6.10 Å². The number of anilines is 1. The molecule has 0 bridgehead atoms. The van der Waals surface area contributed by atoms with Gasteiger partial charge < -0.3 is 19.7 Å². The number of hydrogen-bond donors (Lipinski definition) is 1. The molecule has 2 heterocycles. The molecular formula is C20H19BrN2O4. The van der Waals surface area contributed by atoms with E-state index < -0.39 is 6.10 Å². The summed E-state index contributed by atoms with van der Waals surface area (Å²) in [5.41, 5.74) is 2.01. The van der Waals surface area contributed by atoms with Crippen molar-refractivity contribution in [3.63, 3.8) is 0 Å². The lowest BCUT2D eigenvalue weighted by Crippen LogP contribution is -2.43. The summed E-state index contributed by atoms with van der Waals surface area (Å²) >= 11 is 3.43. The first kappa shape index (κ1) is 18.0. The molecule has 0 radical (unpaired) electrons. The van der Waals surface area contributed by atoms with Crippen LogP contribution < -0.4 is 10.1 Å². The van der Waals surface area contributed by atoms with Crippen LogP contribution in [-0.2, 0) is 9.53 Å². The third kappa shape index (κ3) is 3.57. The van der Waals surface area contributed by atoms with Crippen LogP contribution in [0.15, 0.2) is 46.9 Å². The van der Waals surface area contributed by atoms with E-state index in [9.17, 15) is 9.59 Å². The number of nitrogens with one attached hydrogen (secondary N) is 1. The molecule has 2 aliphatic rings. The fourth-order valence-electron chi connectivity index (χ4n) is 3.28. The van der Waals surface area contributed by atoms with Gasteiger partial charge >= 0.3 is 0 Å². The van der Waals surface area contributed by atoms with Crippen molar-refractivity contribution in [1.29, 1.82) is 0 Å². The molecule has 7 heteroatoms. The van der Waals surface area contributed by atoms with E-state index in [2.05, 4.69) is 21.2 Å². The Morgan fingerprint density at radius 2 is 2.00 bits per heavy atom. The van der Waals surface area contributed by atoms with Crippen LogP contribution >= 0.6 is 15.9 Å². The van der Waals surface area contributed by atoms with Gasteiger partial charge in [0.05, 0.1) is 24.4 Å². The van der Waals surface area contributed by atoms with Crippen LogP contribution in [0.4, 0.5) is 5.69 Å². The molecule has 27 heavy (non-hydrogen) atoms. The van der Waals surface area contributed by atoms with Crippen LogP contribution in [0.5, 0.6) is 5.75 Å². The van der Waals surface area contributed by atoms with Gasteiger partial charge in [0.15, 0.2) is 11.9 Å². The first-order valence-electron chi connectivity index (χ1n) is 8.80. The number of ether oxygens (including phenoxy) is 2. The molecule has 2 aromatic rings. The molecule has 0 aliphatic carbocycles. The van der Waals surface area contributed by atoms with Gasteiger partial charge in [0.25, 0.3) is 11.8 Å². The van der Waals surface area contributed by atoms with Crippen molar-refractivity contribution in [2.45, 2.75) is 19.1 Å². The molecule has 1 saturated heterocycles. The molecular weight excluding hydrogens is 412 g/mol. The smallest absolute Gasteiger partial charge is 0.265 e. The summed E-state index contributed by atoms with van der Waals surface area (Å²) in [6, 6.07) is 13.1. The quantitative estimate of drug-likeness (QED) is 0.792. The summed E-state index contributed by atoms with van der Waals surface area (Å²) in [4.78, 5) is 26.7. The number of amides is 2. The third-order valence-corrected chi connectivity index (χ3v) is 5.29. The van der Waals surface area contributed by atoms with Gasteiger partial charge in [-0.05, 0) is 36.8 Å². The van der Waals surface area contributed by atoms with Crippen molar-refractivity contribution in [2.24, 2.45) is 0 Å². The first-order valence-corrected chi connectivity index (χ1v) is 9.59. The lowest BCUT2D eigenvalue weighted by atomic mass is 10.1. The maximum Gasteiger partial charge on any atom is 0.265 e. The van der Waals surface area contributed by atoms with E-state index in [1.54, 1.807) is 30.0 Å². The fourth-order valence-corrected chi connectivity index (χ4v) is 3.54. The van der Waals surface area contributed by atoms with Crippen LogP contribution in [0.25, 0.3) is 0 Å². The Morgan fingerprint density at radius 3 is 2.78 bits per heavy atom. The Bertz CT molecular complexity index is 884. The van der Waals surface area contributed by atoms with Gasteiger partial charge in [-0.15, -0.1) is 0 Å². The molecule has 140 valence electrons. The summed E-state index contributed by atoms with van der Waals surface area (Å²) in [6.45, 7) is 3.11. The predicted molar refractivity (Wildman–Crippen MR) is 104 cm³/mol. The SMILES string of the molecule is C[C@H]1Oc2c(cccc2C(=O)N2CCO[C@@H](c3ccc(Br)cc3)C2)NC1=O. The Morgan fingerprint density at radius 1 is 1.22 bits per heavy atom. The maximum absolute atomic E-state index is 13.2. The highest BCUT2D eigenvalue weighted by Gasteiger charge is 2.31. The zero-order chi connectivity index (χ0) is 19.0. The van der Waals surface area contributed by atoms with Crippen molar-refractivity contribution in [2.75, 3.05) is 25.0 Å². The zero-order valence-corrected chi connectivity index (χ0v) is 16.4. The predicted octanol–water partition coefficient (Wildman–Crippen LogP) is 3.38. The van der Waals surface area contributed by atoms with E-state index in [1.807, 2.05) is 24.3 Å². The van der Waals surface area contributed by atoms with Gasteiger partial charge in [-0.3, -0.25) is 9.59 Å². The first-order chi connectivity index (χ1) is 13.0. The molecule has 0 unspecified atom stereocenters. The largest absolute Gasteiger partial charge is 0.478 e. The number of hydrogen-bond acceptors (Lipinski definition) is 4. The van der Waals surface area contributed by atoms with E-state index in [-0.39, 0.29) is 17.9 Å². The van der Waals surface area contributed by atoms with E-state index in [0.717, 1.165) is 10.0 Å². The highest BCUT2D eigenvalue weighted by molar-refractivity contribution is 9.10. The topological polar surface area (TPSA) is 67.9 Å². The second-order valence-corrected chi connectivity index (χ2v) is 7.51. The minimum Gasteiger partial charge on any atom is -0.478 e. The summed E-state index contributed by atoms with van der Waals surface area (Å²) in [5.74, 6) is 0.0932. The van der Waals surface area contributed by atoms with E-state index in [1.165, 1.54) is 0 Å². The lowest BCUT2D eigenvalue weighted by molar-refractivity contribution is -0.122. The Hall–Kier alpha value is -2.38. The number of nitrogens with zero attached hydrogens (tertiary/aromatic N) is 1. The van der Waals surface area contributed by atoms with Crippen molar-refractivity contribution >= 4 is 33.4 Å². The van der Waals surface area contributed by atoms with Gasteiger partial charge in [-0.2, -0.15) is 0 Å². The zero-order valence-electron chi connectivity index (χ0n) is 14.8. The van der Waals surface area contributed by atoms with Gasteiger partial charge in [0, 0.05) is 11.0 Å². The van der Waals surface area contributed by atoms with Crippen molar-refractivity contribution in [3.05, 3.63) is 58.1 Å². The normalized spacial score (nSPS) is 21.9. The average Bonchev–Trinajstić information content (AvgIpc) is 2.68. The molecule has 0 aromatic heterocycles. The van der Waals surface area contributed by atoms with Gasteiger partial charge in [-0.25, -0.2) is 0 Å². The number of fused-ring (bicyclic) bond motifs is 1. The number of carbonyl (C=O) groups is 2. The van der Waals surface area contributed by atoms with Gasteiger partial charge in [-0.1, -0.05) is 34.1 Å². The third-order valence-electron chi connectivity index (χ3n) is 4.76. The molecule has 0 saturated carbocycles. The van der Waals surface area contributed by atoms with Crippen LogP contribution in [0.3, 0.4) is 0 Å². The molecule has 1 N–H and O–H groups in total. The Balaban J connectivity index is 1.57. The second-order valence-electron chi connectivity index (χ2n) is 6.59. The molecule has 6 nitrogen and oxygen atoms in total. The van der Waals surface area contributed by atoms with Crippen LogP contribution in [0.2, 0.25) is 0 Å². The standard InChI is InChI=1S/C20H19BrN2O4/c1-12-19(24)22-16-4-2-3-15(18(16)27-12)20(25)23-9-10-26-17(11-23)13-5-7-14(21)8-6-13/h2-8,12,17H,9-11H2,1H3,(H,22,24)/t12-,17-/m1/s1. The Labute approximate surface area is 165 Å². The van der Waals surface area contributed by atoms with E-state index in [4.69, 9.17) is 9.47 Å². The summed E-state index contributed by atoms with van der Waals surface area (Å²) < 4.78 is 12.6. The second kappa shape index (κ2) is 7.32. The number of morpholine rings is 1. The molecule has 1 fully saturated rings. The maximum atomic E-state index is 13.2. The van der Waals surface area contributed by atoms with Gasteiger partial charge in [0.2, 0.25) is 0 Å². The lowest BCUT2D eigenvalue weighted by Gasteiger charge is -2.34. The number of benzene rings is 2. The van der Waals surface area contributed by atoms with Crippen molar-refractivity contribution in [1.82, 2.24) is 4.90 Å². The summed E-state index contributed by atoms with van der Waals surface area (Å²) in [7, 11) is 0. The average molecular weight is 431 g/mol.